The van der Waals surface area contributed by atoms with Crippen molar-refractivity contribution in [1.29, 1.82) is 0 Å². The Hall–Kier alpha value is -2.45. The lowest BCUT2D eigenvalue weighted by molar-refractivity contribution is 0.251. The zero-order valence-electron chi connectivity index (χ0n) is 15.2. The molecule has 27 heavy (non-hydrogen) atoms. The monoisotopic (exact) mass is 388 g/mol. The summed E-state index contributed by atoms with van der Waals surface area (Å²) in [7, 11) is -3.56. The van der Waals surface area contributed by atoms with E-state index in [9.17, 15) is 13.2 Å². The third kappa shape index (κ3) is 5.27. The topological polar surface area (TPSA) is 100 Å². The van der Waals surface area contributed by atoms with Crippen molar-refractivity contribution in [3.63, 3.8) is 0 Å². The maximum atomic E-state index is 12.5. The Bertz CT molecular complexity index is 866. The van der Waals surface area contributed by atoms with Crippen molar-refractivity contribution in [2.75, 3.05) is 5.32 Å². The number of anilines is 1. The van der Waals surface area contributed by atoms with Gasteiger partial charge in [-0.25, -0.2) is 17.9 Å². The van der Waals surface area contributed by atoms with Gasteiger partial charge in [0.2, 0.25) is 10.0 Å². The van der Waals surface area contributed by atoms with Crippen LogP contribution in [-0.2, 0) is 16.6 Å². The van der Waals surface area contributed by atoms with Crippen molar-refractivity contribution >= 4 is 21.7 Å². The summed E-state index contributed by atoms with van der Waals surface area (Å²) in [5.41, 5.74) is 1.46. The van der Waals surface area contributed by atoms with Gasteiger partial charge >= 0.3 is 6.03 Å². The number of nitrogens with one attached hydrogen (secondary N) is 3. The average molecular weight is 388 g/mol. The third-order valence-corrected chi connectivity index (χ3v) is 6.40. The predicted molar refractivity (Wildman–Crippen MR) is 104 cm³/mol. The van der Waals surface area contributed by atoms with Crippen LogP contribution in [0.2, 0.25) is 0 Å². The van der Waals surface area contributed by atoms with Crippen LogP contribution >= 0.6 is 0 Å². The number of aromatic nitrogens is 1. The largest absolute Gasteiger partial charge is 0.334 e. The molecule has 1 heterocycles. The Morgan fingerprint density at radius 1 is 1.15 bits per heavy atom. The number of hydrogen-bond donors (Lipinski definition) is 3. The highest BCUT2D eigenvalue weighted by Gasteiger charge is 2.27. The van der Waals surface area contributed by atoms with E-state index in [4.69, 9.17) is 0 Å². The van der Waals surface area contributed by atoms with Gasteiger partial charge in [0, 0.05) is 30.7 Å². The van der Waals surface area contributed by atoms with E-state index < -0.39 is 10.0 Å². The summed E-state index contributed by atoms with van der Waals surface area (Å²) >= 11 is 0. The lowest BCUT2D eigenvalue weighted by Crippen LogP contribution is -2.40. The van der Waals surface area contributed by atoms with Gasteiger partial charge < -0.3 is 10.6 Å². The molecule has 2 amide bonds. The second-order valence-corrected chi connectivity index (χ2v) is 8.50. The first-order chi connectivity index (χ1) is 12.9. The number of amides is 2. The van der Waals surface area contributed by atoms with E-state index in [0.717, 1.165) is 18.4 Å². The van der Waals surface area contributed by atoms with Gasteiger partial charge in [-0.15, -0.1) is 0 Å². The Morgan fingerprint density at radius 2 is 1.81 bits per heavy atom. The lowest BCUT2D eigenvalue weighted by atomic mass is 9.81. The summed E-state index contributed by atoms with van der Waals surface area (Å²) in [6.07, 6.45) is 6.63. The molecule has 0 radical (unpaired) electrons. The van der Waals surface area contributed by atoms with E-state index in [0.29, 0.717) is 18.2 Å². The Morgan fingerprint density at radius 3 is 2.41 bits per heavy atom. The van der Waals surface area contributed by atoms with Gasteiger partial charge in [-0.2, -0.15) is 0 Å². The zero-order chi connectivity index (χ0) is 19.3. The highest BCUT2D eigenvalue weighted by Crippen LogP contribution is 2.30. The molecule has 3 N–H and O–H groups in total. The van der Waals surface area contributed by atoms with Crippen molar-refractivity contribution in [3.05, 3.63) is 54.4 Å². The molecule has 7 nitrogen and oxygen atoms in total. The maximum absolute atomic E-state index is 12.5. The van der Waals surface area contributed by atoms with E-state index in [1.807, 2.05) is 19.1 Å². The Labute approximate surface area is 159 Å². The molecular weight excluding hydrogens is 364 g/mol. The van der Waals surface area contributed by atoms with Crippen molar-refractivity contribution < 1.29 is 13.2 Å². The van der Waals surface area contributed by atoms with Crippen LogP contribution in [0.4, 0.5) is 10.5 Å². The first kappa shape index (κ1) is 19.3. The van der Waals surface area contributed by atoms with Gasteiger partial charge in [0.25, 0.3) is 0 Å². The summed E-state index contributed by atoms with van der Waals surface area (Å²) in [6, 6.07) is 9.35. The molecule has 1 aromatic carbocycles. The van der Waals surface area contributed by atoms with Gasteiger partial charge in [-0.3, -0.25) is 4.98 Å². The average Bonchev–Trinajstić information content (AvgIpc) is 2.59. The lowest BCUT2D eigenvalue weighted by Gasteiger charge is -2.31. The molecule has 144 valence electrons. The SMILES string of the molecule is CC(NS(=O)(=O)c1ccc(NC(=O)NCc2ccncc2)cc1)C1CCC1. The standard InChI is InChI=1S/C19H24N4O3S/c1-14(16-3-2-4-16)23-27(25,26)18-7-5-17(6-8-18)22-19(24)21-13-15-9-11-20-12-10-15/h5-12,14,16,23H,2-4,13H2,1H3,(H2,21,22,24). The molecule has 1 aliphatic rings. The molecule has 1 aliphatic carbocycles. The molecule has 1 saturated carbocycles. The molecule has 0 bridgehead atoms. The highest BCUT2D eigenvalue weighted by atomic mass is 32.2. The van der Waals surface area contributed by atoms with E-state index in [2.05, 4.69) is 20.3 Å². The molecule has 1 fully saturated rings. The number of nitrogens with zero attached hydrogens (tertiary/aromatic N) is 1. The molecule has 1 unspecified atom stereocenters. The van der Waals surface area contributed by atoms with Crippen LogP contribution < -0.4 is 15.4 Å². The van der Waals surface area contributed by atoms with Crippen LogP contribution in [0.1, 0.15) is 31.7 Å². The van der Waals surface area contributed by atoms with Gasteiger partial charge in [-0.1, -0.05) is 6.42 Å². The van der Waals surface area contributed by atoms with Crippen LogP contribution in [-0.4, -0.2) is 25.5 Å². The minimum Gasteiger partial charge on any atom is -0.334 e. The van der Waals surface area contributed by atoms with E-state index in [-0.39, 0.29) is 17.0 Å². The van der Waals surface area contributed by atoms with Gasteiger partial charge in [0.15, 0.2) is 0 Å². The number of carbonyl (C=O) groups is 1. The maximum Gasteiger partial charge on any atom is 0.319 e. The van der Waals surface area contributed by atoms with E-state index in [1.54, 1.807) is 24.5 Å². The van der Waals surface area contributed by atoms with Gasteiger partial charge in [-0.05, 0) is 67.6 Å². The number of benzene rings is 1. The normalized spacial score (nSPS) is 15.6. The summed E-state index contributed by atoms with van der Waals surface area (Å²) < 4.78 is 27.7. The molecule has 1 aromatic heterocycles. The van der Waals surface area contributed by atoms with Crippen LogP contribution in [0.5, 0.6) is 0 Å². The number of hydrogen-bond acceptors (Lipinski definition) is 4. The van der Waals surface area contributed by atoms with Crippen molar-refractivity contribution in [1.82, 2.24) is 15.0 Å². The number of rotatable bonds is 7. The molecule has 1 atom stereocenters. The molecule has 0 spiro atoms. The van der Waals surface area contributed by atoms with Gasteiger partial charge in [0.05, 0.1) is 4.90 Å². The second kappa shape index (κ2) is 8.49. The first-order valence-corrected chi connectivity index (χ1v) is 10.5. The minimum absolute atomic E-state index is 0.0690. The molecule has 0 saturated heterocycles. The Kier molecular flexibility index (Phi) is 6.08. The smallest absolute Gasteiger partial charge is 0.319 e. The first-order valence-electron chi connectivity index (χ1n) is 9.00. The molecular formula is C19H24N4O3S. The van der Waals surface area contributed by atoms with Crippen LogP contribution in [0.15, 0.2) is 53.7 Å². The summed E-state index contributed by atoms with van der Waals surface area (Å²) in [6.45, 7) is 2.29. The quantitative estimate of drug-likeness (QED) is 0.679. The summed E-state index contributed by atoms with van der Waals surface area (Å²) in [5.74, 6) is 0.421. The second-order valence-electron chi connectivity index (χ2n) is 6.79. The minimum atomic E-state index is -3.56. The van der Waals surface area contributed by atoms with Crippen LogP contribution in [0, 0.1) is 5.92 Å². The number of sulfonamides is 1. The fourth-order valence-corrected chi connectivity index (χ4v) is 4.24. The number of urea groups is 1. The third-order valence-electron chi connectivity index (χ3n) is 4.82. The number of carbonyl (C=O) groups excluding carboxylic acids is 1. The molecule has 0 aliphatic heterocycles. The fourth-order valence-electron chi connectivity index (χ4n) is 2.92. The van der Waals surface area contributed by atoms with Crippen molar-refractivity contribution in [2.24, 2.45) is 5.92 Å². The zero-order valence-corrected chi connectivity index (χ0v) is 16.0. The summed E-state index contributed by atoms with van der Waals surface area (Å²) in [4.78, 5) is 16.1. The van der Waals surface area contributed by atoms with Gasteiger partial charge in [0.1, 0.15) is 0 Å². The predicted octanol–water partition coefficient (Wildman–Crippen LogP) is 2.87. The highest BCUT2D eigenvalue weighted by molar-refractivity contribution is 7.89. The van der Waals surface area contributed by atoms with Crippen LogP contribution in [0.3, 0.4) is 0 Å². The van der Waals surface area contributed by atoms with Crippen molar-refractivity contribution in [3.8, 4) is 0 Å². The van der Waals surface area contributed by atoms with Crippen LogP contribution in [0.25, 0.3) is 0 Å². The molecule has 8 heteroatoms. The van der Waals surface area contributed by atoms with E-state index in [1.165, 1.54) is 18.6 Å². The van der Waals surface area contributed by atoms with Crippen molar-refractivity contribution in [2.45, 2.75) is 43.7 Å². The van der Waals surface area contributed by atoms with E-state index >= 15 is 0 Å². The molecule has 3 rings (SSSR count). The number of pyridine rings is 1. The molecule has 2 aromatic rings. The summed E-state index contributed by atoms with van der Waals surface area (Å²) in [5, 5.41) is 5.42. The Balaban J connectivity index is 1.53. The fraction of sp³-hybridized carbons (Fsp3) is 0.368.